The first-order valence-corrected chi connectivity index (χ1v) is 7.65. The van der Waals surface area contributed by atoms with E-state index in [4.69, 9.17) is 16.3 Å². The van der Waals surface area contributed by atoms with Crippen LogP contribution in [0.3, 0.4) is 0 Å². The van der Waals surface area contributed by atoms with Crippen molar-refractivity contribution < 1.29 is 9.84 Å². The fraction of sp³-hybridized carbons (Fsp3) is 0.438. The number of hydrogen-bond donors (Lipinski definition) is 1. The van der Waals surface area contributed by atoms with Crippen molar-refractivity contribution in [3.63, 3.8) is 0 Å². The lowest BCUT2D eigenvalue weighted by molar-refractivity contribution is 0.0645. The highest BCUT2D eigenvalue weighted by molar-refractivity contribution is 6.17. The first-order valence-electron chi connectivity index (χ1n) is 7.11. The SMILES string of the molecule is CCCn1ncc(OC)c1C(O)(CCCl)c1ccccc1. The molecular formula is C16H21ClN2O2. The second-order valence-electron chi connectivity index (χ2n) is 4.95. The van der Waals surface area contributed by atoms with Crippen LogP contribution in [0.4, 0.5) is 0 Å². The summed E-state index contributed by atoms with van der Waals surface area (Å²) >= 11 is 5.95. The van der Waals surface area contributed by atoms with Crippen molar-refractivity contribution in [3.05, 3.63) is 47.8 Å². The van der Waals surface area contributed by atoms with Crippen LogP contribution in [-0.2, 0) is 12.1 Å². The van der Waals surface area contributed by atoms with Gasteiger partial charge in [-0.25, -0.2) is 0 Å². The molecule has 0 aliphatic rings. The van der Waals surface area contributed by atoms with Crippen LogP contribution in [0.5, 0.6) is 5.75 Å². The predicted molar refractivity (Wildman–Crippen MR) is 83.8 cm³/mol. The molecule has 0 amide bonds. The van der Waals surface area contributed by atoms with Gasteiger partial charge >= 0.3 is 0 Å². The highest BCUT2D eigenvalue weighted by atomic mass is 35.5. The zero-order valence-electron chi connectivity index (χ0n) is 12.4. The van der Waals surface area contributed by atoms with Crippen molar-refractivity contribution in [2.24, 2.45) is 0 Å². The number of benzene rings is 1. The smallest absolute Gasteiger partial charge is 0.163 e. The van der Waals surface area contributed by atoms with E-state index < -0.39 is 5.60 Å². The van der Waals surface area contributed by atoms with E-state index in [-0.39, 0.29) is 0 Å². The Kier molecular flexibility index (Phi) is 5.26. The van der Waals surface area contributed by atoms with E-state index in [1.165, 1.54) is 0 Å². The number of aliphatic hydroxyl groups is 1. The Morgan fingerprint density at radius 3 is 2.62 bits per heavy atom. The molecule has 0 spiro atoms. The number of halogens is 1. The maximum absolute atomic E-state index is 11.3. The Balaban J connectivity index is 2.59. The first-order chi connectivity index (χ1) is 10.2. The molecule has 2 rings (SSSR count). The molecule has 1 aromatic carbocycles. The molecule has 0 aliphatic heterocycles. The Morgan fingerprint density at radius 2 is 2.05 bits per heavy atom. The minimum Gasteiger partial charge on any atom is -0.493 e. The molecule has 1 unspecified atom stereocenters. The van der Waals surface area contributed by atoms with Crippen LogP contribution in [0.2, 0.25) is 0 Å². The van der Waals surface area contributed by atoms with E-state index in [2.05, 4.69) is 12.0 Å². The zero-order valence-corrected chi connectivity index (χ0v) is 13.2. The summed E-state index contributed by atoms with van der Waals surface area (Å²) in [7, 11) is 1.59. The van der Waals surface area contributed by atoms with Gasteiger partial charge in [-0.15, -0.1) is 11.6 Å². The van der Waals surface area contributed by atoms with Crippen LogP contribution in [0.25, 0.3) is 0 Å². The number of hydrogen-bond acceptors (Lipinski definition) is 3. The second kappa shape index (κ2) is 6.96. The van der Waals surface area contributed by atoms with E-state index in [1.807, 2.05) is 30.3 Å². The summed E-state index contributed by atoms with van der Waals surface area (Å²) in [6, 6.07) is 9.53. The molecule has 0 saturated carbocycles. The highest BCUT2D eigenvalue weighted by Crippen LogP contribution is 2.38. The first kappa shape index (κ1) is 15.9. The van der Waals surface area contributed by atoms with Crippen molar-refractivity contribution in [1.82, 2.24) is 9.78 Å². The molecule has 1 aromatic heterocycles. The Labute approximate surface area is 130 Å². The van der Waals surface area contributed by atoms with Gasteiger partial charge in [0.2, 0.25) is 0 Å². The topological polar surface area (TPSA) is 47.3 Å². The van der Waals surface area contributed by atoms with Gasteiger partial charge in [0.05, 0.1) is 13.3 Å². The van der Waals surface area contributed by atoms with Crippen LogP contribution in [-0.4, -0.2) is 27.9 Å². The largest absolute Gasteiger partial charge is 0.493 e. The molecule has 0 bridgehead atoms. The minimum atomic E-state index is -1.21. The van der Waals surface area contributed by atoms with Gasteiger partial charge in [-0.2, -0.15) is 5.10 Å². The molecule has 0 saturated heterocycles. The lowest BCUT2D eigenvalue weighted by Gasteiger charge is -2.29. The van der Waals surface area contributed by atoms with E-state index >= 15 is 0 Å². The van der Waals surface area contributed by atoms with Gasteiger partial charge in [0.15, 0.2) is 5.75 Å². The van der Waals surface area contributed by atoms with Crippen molar-refractivity contribution in [2.45, 2.75) is 31.9 Å². The monoisotopic (exact) mass is 308 g/mol. The van der Waals surface area contributed by atoms with Gasteiger partial charge in [0.25, 0.3) is 0 Å². The van der Waals surface area contributed by atoms with Gasteiger partial charge in [-0.05, 0) is 18.4 Å². The van der Waals surface area contributed by atoms with Crippen LogP contribution in [0, 0.1) is 0 Å². The molecule has 0 radical (unpaired) electrons. The summed E-state index contributed by atoms with van der Waals surface area (Å²) < 4.78 is 7.20. The van der Waals surface area contributed by atoms with Crippen molar-refractivity contribution in [2.75, 3.05) is 13.0 Å². The fourth-order valence-corrected chi connectivity index (χ4v) is 2.84. The average Bonchev–Trinajstić information content (AvgIpc) is 2.92. The maximum atomic E-state index is 11.3. The third-order valence-corrected chi connectivity index (χ3v) is 3.75. The molecule has 0 aliphatic carbocycles. The quantitative estimate of drug-likeness (QED) is 0.799. The number of aryl methyl sites for hydroxylation is 1. The van der Waals surface area contributed by atoms with Gasteiger partial charge < -0.3 is 9.84 Å². The third-order valence-electron chi connectivity index (χ3n) is 3.56. The second-order valence-corrected chi connectivity index (χ2v) is 5.33. The molecule has 1 N–H and O–H groups in total. The van der Waals surface area contributed by atoms with E-state index in [0.717, 1.165) is 18.5 Å². The highest BCUT2D eigenvalue weighted by Gasteiger charge is 2.37. The lowest BCUT2D eigenvalue weighted by atomic mass is 9.87. The molecule has 4 nitrogen and oxygen atoms in total. The normalized spacial score (nSPS) is 13.9. The molecule has 21 heavy (non-hydrogen) atoms. The van der Waals surface area contributed by atoms with Crippen molar-refractivity contribution in [1.29, 1.82) is 0 Å². The Bertz CT molecular complexity index is 571. The number of nitrogens with zero attached hydrogens (tertiary/aromatic N) is 2. The summed E-state index contributed by atoms with van der Waals surface area (Å²) in [5, 5.41) is 15.7. The van der Waals surface area contributed by atoms with Gasteiger partial charge in [0, 0.05) is 12.4 Å². The van der Waals surface area contributed by atoms with Crippen LogP contribution in [0.15, 0.2) is 36.5 Å². The van der Waals surface area contributed by atoms with Crippen LogP contribution >= 0.6 is 11.6 Å². The minimum absolute atomic E-state index is 0.339. The Hall–Kier alpha value is -1.52. The zero-order chi connectivity index (χ0) is 15.3. The standard InChI is InChI=1S/C16H21ClN2O2/c1-3-11-19-15(14(21-2)12-18-19)16(20,9-10-17)13-7-5-4-6-8-13/h4-8,12,20H,3,9-11H2,1-2H3. The summed E-state index contributed by atoms with van der Waals surface area (Å²) in [5.41, 5.74) is 0.250. The summed E-state index contributed by atoms with van der Waals surface area (Å²) in [6.45, 7) is 2.79. The number of rotatable bonds is 7. The molecular weight excluding hydrogens is 288 g/mol. The number of ether oxygens (including phenoxy) is 1. The summed E-state index contributed by atoms with van der Waals surface area (Å²) in [6.07, 6.45) is 2.96. The van der Waals surface area contributed by atoms with Crippen molar-refractivity contribution >= 4 is 11.6 Å². The molecule has 1 heterocycles. The molecule has 1 atom stereocenters. The van der Waals surface area contributed by atoms with Crippen molar-refractivity contribution in [3.8, 4) is 5.75 Å². The summed E-state index contributed by atoms with van der Waals surface area (Å²) in [5.74, 6) is 0.922. The molecule has 0 fully saturated rings. The van der Waals surface area contributed by atoms with Gasteiger partial charge in [0.1, 0.15) is 11.3 Å². The van der Waals surface area contributed by atoms with E-state index in [0.29, 0.717) is 23.7 Å². The Morgan fingerprint density at radius 1 is 1.33 bits per heavy atom. The maximum Gasteiger partial charge on any atom is 0.163 e. The van der Waals surface area contributed by atoms with Crippen LogP contribution in [0.1, 0.15) is 31.0 Å². The fourth-order valence-electron chi connectivity index (χ4n) is 2.57. The molecule has 5 heteroatoms. The van der Waals surface area contributed by atoms with E-state index in [1.54, 1.807) is 18.0 Å². The van der Waals surface area contributed by atoms with Crippen LogP contribution < -0.4 is 4.74 Å². The number of methoxy groups -OCH3 is 1. The van der Waals surface area contributed by atoms with Gasteiger partial charge in [-0.3, -0.25) is 4.68 Å². The lowest BCUT2D eigenvalue weighted by Crippen LogP contribution is -2.31. The predicted octanol–water partition coefficient (Wildman–Crippen LogP) is 3.17. The van der Waals surface area contributed by atoms with Gasteiger partial charge in [-0.1, -0.05) is 37.3 Å². The van der Waals surface area contributed by atoms with E-state index in [9.17, 15) is 5.11 Å². The number of alkyl halides is 1. The molecule has 114 valence electrons. The average molecular weight is 309 g/mol. The third kappa shape index (κ3) is 3.06. The number of aromatic nitrogens is 2. The summed E-state index contributed by atoms with van der Waals surface area (Å²) in [4.78, 5) is 0. The molecule has 2 aromatic rings.